The first-order chi connectivity index (χ1) is 19.0. The van der Waals surface area contributed by atoms with E-state index >= 15 is 0 Å². The van der Waals surface area contributed by atoms with Gasteiger partial charge >= 0.3 is 0 Å². The molecule has 1 saturated heterocycles. The summed E-state index contributed by atoms with van der Waals surface area (Å²) in [4.78, 5) is 46.4. The quantitative estimate of drug-likeness (QED) is 0.375. The lowest BCUT2D eigenvalue weighted by Gasteiger charge is -2.41. The van der Waals surface area contributed by atoms with Crippen LogP contribution in [0.1, 0.15) is 37.0 Å². The van der Waals surface area contributed by atoms with Crippen LogP contribution < -0.4 is 10.6 Å². The molecular weight excluding hydrogens is 512 g/mol. The second-order valence-corrected chi connectivity index (χ2v) is 10.9. The Morgan fingerprint density at radius 3 is 2.55 bits per heavy atom. The van der Waals surface area contributed by atoms with Crippen molar-refractivity contribution in [3.05, 3.63) is 54.4 Å². The van der Waals surface area contributed by atoms with E-state index in [1.165, 1.54) is 6.20 Å². The Balaban J connectivity index is 1.24. The lowest BCUT2D eigenvalue weighted by Crippen LogP contribution is -2.57. The lowest BCUT2D eigenvalue weighted by atomic mass is 10.0. The minimum absolute atomic E-state index is 0.00291. The third-order valence-electron chi connectivity index (χ3n) is 6.76. The number of aryl methyl sites for hydroxylation is 2. The van der Waals surface area contributed by atoms with Crippen molar-refractivity contribution in [3.63, 3.8) is 0 Å². The van der Waals surface area contributed by atoms with Gasteiger partial charge in [-0.05, 0) is 39.8 Å². The molecular formula is C27H32N10O3. The van der Waals surface area contributed by atoms with Crippen molar-refractivity contribution in [2.75, 3.05) is 36.8 Å². The van der Waals surface area contributed by atoms with Crippen LogP contribution in [0.4, 0.5) is 11.4 Å². The van der Waals surface area contributed by atoms with Crippen molar-refractivity contribution in [1.29, 1.82) is 0 Å². The van der Waals surface area contributed by atoms with Crippen LogP contribution >= 0.6 is 0 Å². The highest BCUT2D eigenvalue weighted by atomic mass is 16.2. The van der Waals surface area contributed by atoms with Gasteiger partial charge in [0.1, 0.15) is 0 Å². The standard InChI is InChI=1S/C27H32N10O3/c1-17-21(10-20(12-28-17)30-23(38)15-35-8-9-36(24(39)16-35)27(2,3)4)31-26(40)25-22-7-6-18(14-37(22)33-32-25)19-11-29-34(5)13-19/h6-7,10-14H,8-9,15-16H2,1-5H3,(H,30,38)(H,31,40). The van der Waals surface area contributed by atoms with Gasteiger partial charge in [0, 0.05) is 49.2 Å². The van der Waals surface area contributed by atoms with Crippen molar-refractivity contribution in [1.82, 2.24) is 39.4 Å². The lowest BCUT2D eigenvalue weighted by molar-refractivity contribution is -0.141. The van der Waals surface area contributed by atoms with E-state index in [-0.39, 0.29) is 36.1 Å². The van der Waals surface area contributed by atoms with Crippen molar-refractivity contribution < 1.29 is 14.4 Å². The maximum atomic E-state index is 13.1. The van der Waals surface area contributed by atoms with Crippen LogP contribution in [0.25, 0.3) is 16.6 Å². The normalized spacial score (nSPS) is 14.5. The minimum atomic E-state index is -0.451. The summed E-state index contributed by atoms with van der Waals surface area (Å²) in [6.45, 7) is 9.20. The highest BCUT2D eigenvalue weighted by molar-refractivity contribution is 6.08. The molecule has 0 atom stereocenters. The SMILES string of the molecule is Cc1ncc(NC(=O)CN2CCN(C(C)(C)C)C(=O)C2)cc1NC(=O)c1nnn2cc(-c3cnn(C)c3)ccc12. The molecule has 1 aliphatic rings. The van der Waals surface area contributed by atoms with E-state index in [9.17, 15) is 14.4 Å². The molecule has 0 aliphatic carbocycles. The Labute approximate surface area is 231 Å². The van der Waals surface area contributed by atoms with E-state index in [4.69, 9.17) is 0 Å². The fourth-order valence-corrected chi connectivity index (χ4v) is 4.68. The molecule has 0 unspecified atom stereocenters. The Bertz CT molecular complexity index is 1600. The first-order valence-electron chi connectivity index (χ1n) is 12.9. The van der Waals surface area contributed by atoms with E-state index in [1.54, 1.807) is 40.6 Å². The van der Waals surface area contributed by atoms with Crippen molar-refractivity contribution in [2.24, 2.45) is 7.05 Å². The van der Waals surface area contributed by atoms with Crippen LogP contribution in [0.2, 0.25) is 0 Å². The molecule has 4 aromatic heterocycles. The maximum absolute atomic E-state index is 13.1. The summed E-state index contributed by atoms with van der Waals surface area (Å²) in [5, 5.41) is 18.0. The maximum Gasteiger partial charge on any atom is 0.278 e. The van der Waals surface area contributed by atoms with Gasteiger partial charge in [-0.3, -0.25) is 28.9 Å². The molecule has 5 heterocycles. The fraction of sp³-hybridized carbons (Fsp3) is 0.370. The van der Waals surface area contributed by atoms with Crippen LogP contribution in [0.3, 0.4) is 0 Å². The minimum Gasteiger partial charge on any atom is -0.335 e. The largest absolute Gasteiger partial charge is 0.335 e. The van der Waals surface area contributed by atoms with Crippen molar-refractivity contribution >= 4 is 34.6 Å². The number of rotatable bonds is 6. The van der Waals surface area contributed by atoms with Crippen LogP contribution in [0, 0.1) is 6.92 Å². The fourth-order valence-electron chi connectivity index (χ4n) is 4.68. The number of piperazine rings is 1. The highest BCUT2D eigenvalue weighted by Gasteiger charge is 2.32. The van der Waals surface area contributed by atoms with Gasteiger partial charge in [-0.25, -0.2) is 4.52 Å². The van der Waals surface area contributed by atoms with Gasteiger partial charge in [0.05, 0.1) is 48.1 Å². The third kappa shape index (κ3) is 5.69. The summed E-state index contributed by atoms with van der Waals surface area (Å²) in [6, 6.07) is 5.31. The zero-order chi connectivity index (χ0) is 28.6. The van der Waals surface area contributed by atoms with Crippen molar-refractivity contribution in [2.45, 2.75) is 33.2 Å². The zero-order valence-electron chi connectivity index (χ0n) is 23.2. The Morgan fingerprint density at radius 1 is 1.05 bits per heavy atom. The van der Waals surface area contributed by atoms with E-state index in [0.717, 1.165) is 11.1 Å². The second-order valence-electron chi connectivity index (χ2n) is 10.9. The molecule has 4 aromatic rings. The summed E-state index contributed by atoms with van der Waals surface area (Å²) in [6.07, 6.45) is 6.95. The molecule has 0 spiro atoms. The number of anilines is 2. The van der Waals surface area contributed by atoms with Crippen LogP contribution in [-0.4, -0.2) is 88.8 Å². The topological polar surface area (TPSA) is 143 Å². The molecule has 5 rings (SSSR count). The number of hydrogen-bond donors (Lipinski definition) is 2. The number of aromatic nitrogens is 6. The smallest absolute Gasteiger partial charge is 0.278 e. The number of carbonyl (C=O) groups is 3. The van der Waals surface area contributed by atoms with Crippen molar-refractivity contribution in [3.8, 4) is 11.1 Å². The molecule has 1 fully saturated rings. The molecule has 0 saturated carbocycles. The second kappa shape index (κ2) is 10.5. The number of nitrogens with one attached hydrogen (secondary N) is 2. The molecule has 1 aliphatic heterocycles. The summed E-state index contributed by atoms with van der Waals surface area (Å²) >= 11 is 0. The predicted octanol–water partition coefficient (Wildman–Crippen LogP) is 1.97. The van der Waals surface area contributed by atoms with E-state index in [1.807, 2.05) is 49.9 Å². The Morgan fingerprint density at radius 2 is 1.85 bits per heavy atom. The number of carbonyl (C=O) groups excluding carboxylic acids is 3. The average Bonchev–Trinajstić information content (AvgIpc) is 3.51. The number of hydrogen-bond acceptors (Lipinski definition) is 8. The molecule has 0 bridgehead atoms. The Kier molecular flexibility index (Phi) is 7.06. The summed E-state index contributed by atoms with van der Waals surface area (Å²) in [5.41, 5.74) is 3.70. The van der Waals surface area contributed by atoms with Crippen LogP contribution in [0.15, 0.2) is 43.0 Å². The monoisotopic (exact) mass is 544 g/mol. The number of nitrogens with zero attached hydrogens (tertiary/aromatic N) is 8. The van der Waals surface area contributed by atoms with E-state index in [2.05, 4.69) is 31.0 Å². The number of fused-ring (bicyclic) bond motifs is 1. The summed E-state index contributed by atoms with van der Waals surface area (Å²) < 4.78 is 3.26. The molecule has 13 nitrogen and oxygen atoms in total. The predicted molar refractivity (Wildman–Crippen MR) is 149 cm³/mol. The number of pyridine rings is 2. The van der Waals surface area contributed by atoms with Gasteiger partial charge in [0.15, 0.2) is 5.69 Å². The molecule has 13 heteroatoms. The highest BCUT2D eigenvalue weighted by Crippen LogP contribution is 2.22. The van der Waals surface area contributed by atoms with Gasteiger partial charge in [-0.15, -0.1) is 5.10 Å². The molecule has 3 amide bonds. The summed E-state index contributed by atoms with van der Waals surface area (Å²) in [7, 11) is 1.84. The third-order valence-corrected chi connectivity index (χ3v) is 6.76. The van der Waals surface area contributed by atoms with Gasteiger partial charge < -0.3 is 15.5 Å². The van der Waals surface area contributed by atoms with Gasteiger partial charge in [0.25, 0.3) is 5.91 Å². The van der Waals surface area contributed by atoms with Gasteiger partial charge in [-0.2, -0.15) is 5.10 Å². The molecule has 40 heavy (non-hydrogen) atoms. The van der Waals surface area contributed by atoms with Gasteiger partial charge in [-0.1, -0.05) is 11.3 Å². The zero-order valence-corrected chi connectivity index (χ0v) is 23.2. The first-order valence-corrected chi connectivity index (χ1v) is 12.9. The van der Waals surface area contributed by atoms with Gasteiger partial charge in [0.2, 0.25) is 11.8 Å². The molecule has 0 radical (unpaired) electrons. The summed E-state index contributed by atoms with van der Waals surface area (Å²) in [5.74, 6) is -0.718. The van der Waals surface area contributed by atoms with E-state index in [0.29, 0.717) is 35.7 Å². The molecule has 208 valence electrons. The van der Waals surface area contributed by atoms with E-state index < -0.39 is 5.91 Å². The number of amides is 3. The first kappa shape index (κ1) is 26.9. The molecule has 0 aromatic carbocycles. The Hall–Kier alpha value is -4.65. The average molecular weight is 545 g/mol. The molecule has 2 N–H and O–H groups in total. The van der Waals surface area contributed by atoms with Crippen LogP contribution in [-0.2, 0) is 16.6 Å². The van der Waals surface area contributed by atoms with Crippen LogP contribution in [0.5, 0.6) is 0 Å².